The fourth-order valence-electron chi connectivity index (χ4n) is 5.13. The number of phenols is 1. The number of rotatable bonds is 8. The molecule has 6 rings (SSSR count). The molecule has 2 aliphatic heterocycles. The Morgan fingerprint density at radius 2 is 1.93 bits per heavy atom. The Morgan fingerprint density at radius 3 is 2.70 bits per heavy atom. The summed E-state index contributed by atoms with van der Waals surface area (Å²) in [5.41, 5.74) is 2.67. The molecular formula is C31H26ClN3O6S2. The summed E-state index contributed by atoms with van der Waals surface area (Å²) in [4.78, 5) is 28.5. The van der Waals surface area contributed by atoms with Crippen LogP contribution < -0.4 is 14.4 Å². The van der Waals surface area contributed by atoms with Crippen LogP contribution in [0, 0.1) is 0 Å². The number of Topliss-reactive ketones (excluding diaryl/α,β-unsaturated/α-hetero) is 1. The quantitative estimate of drug-likeness (QED) is 0.0731. The van der Waals surface area contributed by atoms with Gasteiger partial charge in [-0.3, -0.25) is 14.5 Å². The second kappa shape index (κ2) is 11.9. The van der Waals surface area contributed by atoms with E-state index in [1.807, 2.05) is 31.2 Å². The number of amides is 1. The van der Waals surface area contributed by atoms with E-state index in [2.05, 4.69) is 10.2 Å². The van der Waals surface area contributed by atoms with E-state index in [0.717, 1.165) is 16.9 Å². The van der Waals surface area contributed by atoms with Crippen molar-refractivity contribution in [2.45, 2.75) is 42.5 Å². The third-order valence-corrected chi connectivity index (χ3v) is 9.47. The van der Waals surface area contributed by atoms with Crippen molar-refractivity contribution >= 4 is 57.3 Å². The van der Waals surface area contributed by atoms with Gasteiger partial charge >= 0.3 is 5.91 Å². The fourth-order valence-corrected chi connectivity index (χ4v) is 7.08. The molecule has 1 saturated heterocycles. The standard InChI is InChI=1S/C31H26ClN3O6S2/c1-3-40-24-14-18(6-10-22(24)36)26-25(27(37)19-7-11-23-20(13-19)12-16(2)41-23)28(38)29(39)35(26)30-33-34-31(43-30)42-15-17-4-8-21(32)9-5-17/h4-11,13-14,16,26,36-37H,3,12,15H2,1-2H3/b27-25+. The number of fused-ring (bicyclic) bond motifs is 1. The van der Waals surface area contributed by atoms with Crippen LogP contribution in [0.25, 0.3) is 5.76 Å². The molecule has 4 aromatic rings. The number of ketones is 1. The molecule has 0 spiro atoms. The van der Waals surface area contributed by atoms with Crippen molar-refractivity contribution in [3.63, 3.8) is 0 Å². The highest BCUT2D eigenvalue weighted by molar-refractivity contribution is 8.00. The molecule has 2 unspecified atom stereocenters. The Hall–Kier alpha value is -4.06. The molecule has 1 fully saturated rings. The zero-order valence-corrected chi connectivity index (χ0v) is 25.5. The maximum atomic E-state index is 13.6. The van der Waals surface area contributed by atoms with E-state index in [9.17, 15) is 19.8 Å². The van der Waals surface area contributed by atoms with Gasteiger partial charge in [0, 0.05) is 22.8 Å². The highest BCUT2D eigenvalue weighted by Crippen LogP contribution is 2.46. The summed E-state index contributed by atoms with van der Waals surface area (Å²) in [7, 11) is 0. The molecule has 0 saturated carbocycles. The van der Waals surface area contributed by atoms with E-state index in [1.165, 1.54) is 34.1 Å². The summed E-state index contributed by atoms with van der Waals surface area (Å²) >= 11 is 8.60. The van der Waals surface area contributed by atoms with Crippen LogP contribution in [0.5, 0.6) is 17.2 Å². The van der Waals surface area contributed by atoms with Gasteiger partial charge in [-0.05, 0) is 73.0 Å². The van der Waals surface area contributed by atoms with Crippen molar-refractivity contribution in [3.8, 4) is 17.2 Å². The number of hydrogen-bond acceptors (Lipinski definition) is 10. The van der Waals surface area contributed by atoms with Crippen LogP contribution in [0.1, 0.15) is 42.1 Å². The first-order chi connectivity index (χ1) is 20.7. The monoisotopic (exact) mass is 635 g/mol. The lowest BCUT2D eigenvalue weighted by molar-refractivity contribution is -0.132. The summed E-state index contributed by atoms with van der Waals surface area (Å²) in [6, 6.07) is 16.2. The number of thioether (sulfide) groups is 1. The molecule has 3 heterocycles. The highest BCUT2D eigenvalue weighted by atomic mass is 35.5. The predicted octanol–water partition coefficient (Wildman–Crippen LogP) is 6.54. The molecule has 43 heavy (non-hydrogen) atoms. The molecule has 9 nitrogen and oxygen atoms in total. The Balaban J connectivity index is 1.41. The second-order valence-corrected chi connectivity index (χ2v) is 12.7. The molecule has 3 aromatic carbocycles. The number of aromatic hydroxyl groups is 1. The van der Waals surface area contributed by atoms with Crippen LogP contribution in [0.2, 0.25) is 5.02 Å². The summed E-state index contributed by atoms with van der Waals surface area (Å²) in [6.45, 7) is 4.02. The van der Waals surface area contributed by atoms with Crippen LogP contribution in [0.15, 0.2) is 70.6 Å². The number of nitrogens with zero attached hydrogens (tertiary/aromatic N) is 3. The minimum Gasteiger partial charge on any atom is -0.507 e. The normalized spacial score (nSPS) is 19.0. The third-order valence-electron chi connectivity index (χ3n) is 7.09. The van der Waals surface area contributed by atoms with Gasteiger partial charge in [-0.15, -0.1) is 10.2 Å². The molecular weight excluding hydrogens is 610 g/mol. The number of aliphatic hydroxyl groups is 1. The van der Waals surface area contributed by atoms with Gasteiger partial charge in [0.2, 0.25) is 5.13 Å². The van der Waals surface area contributed by atoms with Crippen LogP contribution in [-0.2, 0) is 21.8 Å². The fraction of sp³-hybridized carbons (Fsp3) is 0.226. The van der Waals surface area contributed by atoms with Gasteiger partial charge in [0.25, 0.3) is 5.78 Å². The van der Waals surface area contributed by atoms with Gasteiger partial charge < -0.3 is 19.7 Å². The number of phenolic OH excluding ortho intramolecular Hbond substituents is 1. The Bertz CT molecular complexity index is 1760. The van der Waals surface area contributed by atoms with E-state index in [1.54, 1.807) is 37.3 Å². The van der Waals surface area contributed by atoms with E-state index in [0.29, 0.717) is 32.7 Å². The summed E-state index contributed by atoms with van der Waals surface area (Å²) in [5.74, 6) is -0.604. The van der Waals surface area contributed by atoms with Gasteiger partial charge in [-0.2, -0.15) is 0 Å². The Morgan fingerprint density at radius 1 is 1.14 bits per heavy atom. The topological polar surface area (TPSA) is 122 Å². The van der Waals surface area contributed by atoms with Crippen molar-refractivity contribution in [2.24, 2.45) is 0 Å². The first kappa shape index (κ1) is 29.0. The molecule has 1 amide bonds. The van der Waals surface area contributed by atoms with E-state index >= 15 is 0 Å². The number of carbonyl (C=O) groups is 2. The molecule has 1 aromatic heterocycles. The minimum atomic E-state index is -1.05. The molecule has 12 heteroatoms. The van der Waals surface area contributed by atoms with Crippen molar-refractivity contribution in [1.29, 1.82) is 0 Å². The number of anilines is 1. The highest BCUT2D eigenvalue weighted by Gasteiger charge is 2.48. The number of hydrogen-bond donors (Lipinski definition) is 2. The van der Waals surface area contributed by atoms with E-state index in [4.69, 9.17) is 21.1 Å². The number of aromatic nitrogens is 2. The van der Waals surface area contributed by atoms with Crippen LogP contribution in [0.4, 0.5) is 5.13 Å². The third kappa shape index (κ3) is 5.67. The largest absolute Gasteiger partial charge is 0.507 e. The van der Waals surface area contributed by atoms with Crippen molar-refractivity contribution in [2.75, 3.05) is 11.5 Å². The first-order valence-electron chi connectivity index (χ1n) is 13.5. The van der Waals surface area contributed by atoms with Crippen LogP contribution in [0.3, 0.4) is 0 Å². The van der Waals surface area contributed by atoms with E-state index in [-0.39, 0.29) is 40.7 Å². The number of halogens is 1. The molecule has 2 aliphatic rings. The second-order valence-electron chi connectivity index (χ2n) is 10.1. The Labute approximate surface area is 260 Å². The molecule has 2 N–H and O–H groups in total. The summed E-state index contributed by atoms with van der Waals surface area (Å²) in [6.07, 6.45) is 0.654. The molecule has 2 atom stereocenters. The zero-order valence-electron chi connectivity index (χ0n) is 23.1. The summed E-state index contributed by atoms with van der Waals surface area (Å²) in [5, 5.41) is 31.3. The van der Waals surface area contributed by atoms with Gasteiger partial charge in [-0.1, -0.05) is 52.9 Å². The molecule has 0 bridgehead atoms. The lowest BCUT2D eigenvalue weighted by Gasteiger charge is -2.23. The smallest absolute Gasteiger partial charge is 0.301 e. The number of carbonyl (C=O) groups excluding carboxylic acids is 2. The average molecular weight is 636 g/mol. The molecule has 0 aliphatic carbocycles. The maximum absolute atomic E-state index is 13.6. The predicted molar refractivity (Wildman–Crippen MR) is 165 cm³/mol. The van der Waals surface area contributed by atoms with Gasteiger partial charge in [0.1, 0.15) is 17.6 Å². The minimum absolute atomic E-state index is 0.00359. The van der Waals surface area contributed by atoms with Crippen molar-refractivity contribution in [1.82, 2.24) is 10.2 Å². The first-order valence-corrected chi connectivity index (χ1v) is 15.7. The lowest BCUT2D eigenvalue weighted by Crippen LogP contribution is -2.29. The van der Waals surface area contributed by atoms with Crippen molar-refractivity contribution < 1.29 is 29.3 Å². The molecule has 220 valence electrons. The van der Waals surface area contributed by atoms with E-state index < -0.39 is 17.7 Å². The maximum Gasteiger partial charge on any atom is 0.301 e. The lowest BCUT2D eigenvalue weighted by atomic mass is 9.94. The molecule has 0 radical (unpaired) electrons. The van der Waals surface area contributed by atoms with Crippen LogP contribution >= 0.6 is 34.7 Å². The zero-order chi connectivity index (χ0) is 30.2. The van der Waals surface area contributed by atoms with Gasteiger partial charge in [0.15, 0.2) is 15.8 Å². The average Bonchev–Trinajstić information content (AvgIpc) is 3.68. The van der Waals surface area contributed by atoms with Crippen LogP contribution in [-0.4, -0.2) is 44.8 Å². The number of aliphatic hydroxyl groups excluding tert-OH is 1. The van der Waals surface area contributed by atoms with Crippen molar-refractivity contribution in [3.05, 3.63) is 93.5 Å². The van der Waals surface area contributed by atoms with Gasteiger partial charge in [-0.25, -0.2) is 0 Å². The Kier molecular flexibility index (Phi) is 8.04. The SMILES string of the molecule is CCOc1cc(C2/C(=C(\O)c3ccc4c(c3)CC(C)O4)C(=O)C(=O)N2c2nnc(SCc3ccc(Cl)cc3)s2)ccc1O. The summed E-state index contributed by atoms with van der Waals surface area (Å²) < 4.78 is 12.0. The van der Waals surface area contributed by atoms with Gasteiger partial charge in [0.05, 0.1) is 18.2 Å². The number of ether oxygens (including phenoxy) is 2. The number of benzene rings is 3.